The van der Waals surface area contributed by atoms with Crippen molar-refractivity contribution >= 4 is 21.5 Å². The number of aromatic nitrogens is 2. The maximum atomic E-state index is 12.0. The molecule has 6 atom stereocenters. The average molecular weight is 488 g/mol. The van der Waals surface area contributed by atoms with E-state index in [1.165, 1.54) is 12.3 Å². The van der Waals surface area contributed by atoms with Gasteiger partial charge in [0.15, 0.2) is 6.23 Å². The predicted octanol–water partition coefficient (Wildman–Crippen LogP) is -2.23. The third kappa shape index (κ3) is 7.70. The molecule has 2 heterocycles. The van der Waals surface area contributed by atoms with Gasteiger partial charge in [0, 0.05) is 6.20 Å². The number of phosphoric acid groups is 2. The number of hydrogen-bond acceptors (Lipinski definition) is 12. The molecular formula is C14H26N4O11P2. The van der Waals surface area contributed by atoms with Crippen LogP contribution in [0.2, 0.25) is 0 Å². The van der Waals surface area contributed by atoms with Crippen LogP contribution in [0.5, 0.6) is 0 Å². The molecule has 0 amide bonds. The molecule has 0 saturated carbocycles. The number of nitrogen functional groups attached to an aromatic ring is 1. The molecule has 5 N–H and O–H groups in total. The molecule has 178 valence electrons. The second-order valence-electron chi connectivity index (χ2n) is 7.73. The molecule has 15 nitrogen and oxygen atoms in total. The molecule has 1 aromatic heterocycles. The first-order chi connectivity index (χ1) is 14.1. The largest absolute Gasteiger partial charge is 0.756 e. The summed E-state index contributed by atoms with van der Waals surface area (Å²) in [6.07, 6.45) is -4.89. The zero-order chi connectivity index (χ0) is 23.6. The normalized spacial score (nSPS) is 28.2. The Kier molecular flexibility index (Phi) is 8.17. The van der Waals surface area contributed by atoms with Crippen molar-refractivity contribution in [1.82, 2.24) is 9.55 Å². The van der Waals surface area contributed by atoms with Gasteiger partial charge in [-0.15, -0.1) is 0 Å². The van der Waals surface area contributed by atoms with Crippen molar-refractivity contribution in [3.05, 3.63) is 22.7 Å². The lowest BCUT2D eigenvalue weighted by atomic mass is 10.1. The highest BCUT2D eigenvalue weighted by atomic mass is 31.3. The predicted molar refractivity (Wildman–Crippen MR) is 102 cm³/mol. The van der Waals surface area contributed by atoms with Crippen LogP contribution in [0, 0.1) is 0 Å². The fourth-order valence-corrected chi connectivity index (χ4v) is 4.51. The first kappa shape index (κ1) is 26.0. The van der Waals surface area contributed by atoms with Crippen LogP contribution in [0.15, 0.2) is 17.1 Å². The van der Waals surface area contributed by atoms with Crippen molar-refractivity contribution in [2.75, 3.05) is 46.6 Å². The van der Waals surface area contributed by atoms with Crippen LogP contribution < -0.4 is 16.3 Å². The number of ether oxygens (including phenoxy) is 1. The molecule has 3 unspecified atom stereocenters. The van der Waals surface area contributed by atoms with E-state index in [2.05, 4.69) is 18.3 Å². The van der Waals surface area contributed by atoms with Crippen molar-refractivity contribution in [2.24, 2.45) is 0 Å². The van der Waals surface area contributed by atoms with Gasteiger partial charge in [0.2, 0.25) is 0 Å². The highest BCUT2D eigenvalue weighted by Crippen LogP contribution is 2.58. The molecule has 31 heavy (non-hydrogen) atoms. The van der Waals surface area contributed by atoms with Crippen LogP contribution in [0.25, 0.3) is 0 Å². The van der Waals surface area contributed by atoms with Gasteiger partial charge in [-0.3, -0.25) is 13.7 Å². The molecule has 1 aliphatic heterocycles. The summed E-state index contributed by atoms with van der Waals surface area (Å²) in [5.41, 5.74) is 4.52. The summed E-state index contributed by atoms with van der Waals surface area (Å²) >= 11 is 0. The molecule has 1 saturated heterocycles. The van der Waals surface area contributed by atoms with E-state index in [9.17, 15) is 33.9 Å². The smallest absolute Gasteiger partial charge is 0.478 e. The van der Waals surface area contributed by atoms with Crippen LogP contribution in [-0.2, 0) is 27.2 Å². The van der Waals surface area contributed by atoms with Crippen LogP contribution in [-0.4, -0.2) is 88.4 Å². The minimum absolute atomic E-state index is 0.0711. The van der Waals surface area contributed by atoms with Crippen molar-refractivity contribution in [2.45, 2.75) is 24.5 Å². The van der Waals surface area contributed by atoms with Gasteiger partial charge in [0.1, 0.15) is 37.3 Å². The number of hydrogen-bond donors (Lipinski definition) is 4. The van der Waals surface area contributed by atoms with Crippen molar-refractivity contribution in [1.29, 1.82) is 0 Å². The molecule has 0 radical (unpaired) electrons. The highest BCUT2D eigenvalue weighted by Gasteiger charge is 2.45. The van der Waals surface area contributed by atoms with Crippen LogP contribution >= 0.6 is 15.6 Å². The van der Waals surface area contributed by atoms with Gasteiger partial charge in [-0.05, 0) is 6.07 Å². The first-order valence-corrected chi connectivity index (χ1v) is 11.9. The summed E-state index contributed by atoms with van der Waals surface area (Å²) in [4.78, 5) is 36.7. The van der Waals surface area contributed by atoms with Crippen molar-refractivity contribution < 1.29 is 51.7 Å². The molecule has 2 rings (SSSR count). The summed E-state index contributed by atoms with van der Waals surface area (Å²) in [5, 5.41) is 20.2. The number of phosphoric ester groups is 2. The molecular weight excluding hydrogens is 462 g/mol. The van der Waals surface area contributed by atoms with E-state index in [0.717, 1.165) is 4.57 Å². The molecule has 0 aliphatic carbocycles. The number of nitrogens with two attached hydrogens (primary N) is 1. The second-order valence-corrected chi connectivity index (χ2v) is 10.7. The Morgan fingerprint density at radius 1 is 1.29 bits per heavy atom. The Morgan fingerprint density at radius 2 is 1.94 bits per heavy atom. The number of anilines is 1. The van der Waals surface area contributed by atoms with Crippen molar-refractivity contribution in [3.63, 3.8) is 0 Å². The first-order valence-electron chi connectivity index (χ1n) is 8.91. The Balaban J connectivity index is 1.96. The lowest BCUT2D eigenvalue weighted by Gasteiger charge is -2.28. The molecule has 1 aromatic rings. The Bertz CT molecular complexity index is 920. The summed E-state index contributed by atoms with van der Waals surface area (Å²) in [5.74, 6) is -0.0711. The second kappa shape index (κ2) is 9.73. The van der Waals surface area contributed by atoms with E-state index in [1.54, 1.807) is 21.1 Å². The van der Waals surface area contributed by atoms with E-state index in [0.29, 0.717) is 4.48 Å². The van der Waals surface area contributed by atoms with Crippen LogP contribution in [0.4, 0.5) is 5.82 Å². The number of nitrogens with zero attached hydrogens (tertiary/aromatic N) is 3. The summed E-state index contributed by atoms with van der Waals surface area (Å²) in [6, 6.07) is 1.26. The number of rotatable bonds is 10. The SMILES string of the molecule is C[N+](C)(C)CCOP(=O)([O-])OP(=O)(O)OC[C@H]1OC(n2ccc(N)nc2=O)[C@H](O)[C@@H]1O. The number of quaternary nitrogens is 1. The van der Waals surface area contributed by atoms with E-state index in [4.69, 9.17) is 10.5 Å². The minimum Gasteiger partial charge on any atom is -0.756 e. The number of aliphatic hydroxyl groups excluding tert-OH is 2. The maximum absolute atomic E-state index is 12.0. The summed E-state index contributed by atoms with van der Waals surface area (Å²) in [7, 11) is -5.01. The standard InChI is InChI=1S/C14H26N4O11P2/c1-18(2,3)6-7-26-30(22,23)29-31(24,25)27-8-9-11(19)12(20)13(28-9)17-5-4-10(15)16-14(17)21/h4-5,9,11-13,19-20H,6-8H2,1-3H3,(H3-,15,16,21,22,23,24,25)/t9-,11-,12-,13?/m1/s1. The van der Waals surface area contributed by atoms with E-state index in [1.807, 2.05) is 0 Å². The summed E-state index contributed by atoms with van der Waals surface area (Å²) in [6.45, 7) is -0.877. The fraction of sp³-hybridized carbons (Fsp3) is 0.714. The van der Waals surface area contributed by atoms with Gasteiger partial charge in [0.05, 0.1) is 27.7 Å². The minimum atomic E-state index is -5.18. The summed E-state index contributed by atoms with van der Waals surface area (Å²) < 4.78 is 43.4. The van der Waals surface area contributed by atoms with Gasteiger partial charge in [-0.25, -0.2) is 13.7 Å². The van der Waals surface area contributed by atoms with Gasteiger partial charge in [-0.2, -0.15) is 4.98 Å². The van der Waals surface area contributed by atoms with E-state index < -0.39 is 52.5 Å². The Morgan fingerprint density at radius 3 is 2.52 bits per heavy atom. The van der Waals surface area contributed by atoms with E-state index in [-0.39, 0.29) is 19.0 Å². The third-order valence-corrected chi connectivity index (χ3v) is 6.68. The van der Waals surface area contributed by atoms with Gasteiger partial charge in [-0.1, -0.05) is 0 Å². The molecule has 0 bridgehead atoms. The third-order valence-electron chi connectivity index (χ3n) is 4.08. The molecule has 1 fully saturated rings. The highest BCUT2D eigenvalue weighted by molar-refractivity contribution is 7.60. The quantitative estimate of drug-likeness (QED) is 0.203. The van der Waals surface area contributed by atoms with Gasteiger partial charge < -0.3 is 39.5 Å². The molecule has 0 aromatic carbocycles. The fourth-order valence-electron chi connectivity index (χ4n) is 2.48. The molecule has 17 heteroatoms. The zero-order valence-corrected chi connectivity index (χ0v) is 18.8. The molecule has 0 spiro atoms. The van der Waals surface area contributed by atoms with Crippen LogP contribution in [0.3, 0.4) is 0 Å². The van der Waals surface area contributed by atoms with Gasteiger partial charge >= 0.3 is 13.5 Å². The van der Waals surface area contributed by atoms with E-state index >= 15 is 0 Å². The number of aliphatic hydroxyl groups is 2. The monoisotopic (exact) mass is 488 g/mol. The van der Waals surface area contributed by atoms with Crippen LogP contribution in [0.1, 0.15) is 6.23 Å². The van der Waals surface area contributed by atoms with Gasteiger partial charge in [0.25, 0.3) is 7.82 Å². The Labute approximate surface area is 177 Å². The number of likely N-dealkylation sites (N-methyl/N-ethyl adjacent to an activating group) is 1. The Hall–Kier alpha value is -1.22. The average Bonchev–Trinajstić information content (AvgIpc) is 2.86. The lowest BCUT2D eigenvalue weighted by molar-refractivity contribution is -0.870. The maximum Gasteiger partial charge on any atom is 0.478 e. The lowest BCUT2D eigenvalue weighted by Crippen LogP contribution is -2.37. The van der Waals surface area contributed by atoms with Crippen molar-refractivity contribution in [3.8, 4) is 0 Å². The topological polar surface area (TPSA) is 216 Å². The zero-order valence-electron chi connectivity index (χ0n) is 17.0. The molecule has 1 aliphatic rings.